The van der Waals surface area contributed by atoms with Gasteiger partial charge in [-0.25, -0.2) is 19.3 Å². The van der Waals surface area contributed by atoms with Crippen LogP contribution in [-0.2, 0) is 4.43 Å². The molecule has 0 aliphatic carbocycles. The van der Waals surface area contributed by atoms with E-state index in [1.807, 2.05) is 23.1 Å². The molecule has 8 nitrogen and oxygen atoms in total. The molecule has 3 aromatic rings. The zero-order valence-corrected chi connectivity index (χ0v) is 22.5. The van der Waals surface area contributed by atoms with Crippen LogP contribution in [-0.4, -0.2) is 48.2 Å². The molecule has 0 aromatic carbocycles. The van der Waals surface area contributed by atoms with Crippen LogP contribution in [0.15, 0.2) is 42.7 Å². The highest BCUT2D eigenvalue weighted by atomic mass is 28.3. The summed E-state index contributed by atoms with van der Waals surface area (Å²) < 4.78 is 19.9. The topological polar surface area (TPSA) is 99.8 Å². The first-order valence-electron chi connectivity index (χ1n) is 12.2. The number of aromatic nitrogens is 4. The smallest absolute Gasteiger partial charge is 0.227 e. The van der Waals surface area contributed by atoms with Gasteiger partial charge in [0.2, 0.25) is 5.95 Å². The summed E-state index contributed by atoms with van der Waals surface area (Å²) in [5, 5.41) is 12.8. The van der Waals surface area contributed by atoms with Crippen molar-refractivity contribution < 1.29 is 8.82 Å². The number of hydrogen-bond acceptors (Lipinski definition) is 8. The standard InChI is InChI=1S/C26H32FN7OSi/c1-26(2,3)24(35-36(4)5)21-7-6-18(15-30-21)31-25-29-12-10-20(33-25)19-8-9-23(22(14-28)32-19)34-13-11-17(27)16-34/h6-10,12,15,17,24,36H,11,13,16H2,1-5H3,(H,29,31,33)/t17-,24?/m0/s1. The fraction of sp³-hybridized carbons (Fsp3) is 0.423. The van der Waals surface area contributed by atoms with Crippen LogP contribution in [0.1, 0.15) is 44.7 Å². The summed E-state index contributed by atoms with van der Waals surface area (Å²) in [6, 6.07) is 11.4. The summed E-state index contributed by atoms with van der Waals surface area (Å²) in [5.41, 5.74) is 3.62. The molecule has 2 atom stereocenters. The second-order valence-corrected chi connectivity index (χ2v) is 12.7. The van der Waals surface area contributed by atoms with Gasteiger partial charge >= 0.3 is 0 Å². The Morgan fingerprint density at radius 3 is 2.53 bits per heavy atom. The van der Waals surface area contributed by atoms with Gasteiger partial charge in [-0.05, 0) is 55.3 Å². The van der Waals surface area contributed by atoms with Crippen LogP contribution >= 0.6 is 0 Å². The van der Waals surface area contributed by atoms with E-state index >= 15 is 0 Å². The van der Waals surface area contributed by atoms with Crippen LogP contribution in [0.25, 0.3) is 11.4 Å². The minimum absolute atomic E-state index is 0.0656. The van der Waals surface area contributed by atoms with Crippen molar-refractivity contribution in [1.82, 2.24) is 19.9 Å². The number of nitrogens with one attached hydrogen (secondary N) is 1. The number of rotatable bonds is 7. The summed E-state index contributed by atoms with van der Waals surface area (Å²) in [6.07, 6.45) is 2.91. The molecule has 1 aliphatic heterocycles. The number of hydrogen-bond donors (Lipinski definition) is 1. The predicted molar refractivity (Wildman–Crippen MR) is 141 cm³/mol. The number of pyridine rings is 2. The highest BCUT2D eigenvalue weighted by Gasteiger charge is 2.29. The van der Waals surface area contributed by atoms with E-state index in [-0.39, 0.29) is 23.8 Å². The first-order chi connectivity index (χ1) is 17.1. The van der Waals surface area contributed by atoms with E-state index < -0.39 is 15.2 Å². The molecule has 0 amide bonds. The molecule has 0 spiro atoms. The van der Waals surface area contributed by atoms with Gasteiger partial charge < -0.3 is 14.6 Å². The fourth-order valence-electron chi connectivity index (χ4n) is 4.18. The third-order valence-electron chi connectivity index (χ3n) is 5.88. The van der Waals surface area contributed by atoms with Crippen LogP contribution in [0.2, 0.25) is 13.1 Å². The molecule has 0 radical (unpaired) electrons. The second kappa shape index (κ2) is 10.7. The van der Waals surface area contributed by atoms with Crippen LogP contribution < -0.4 is 10.2 Å². The van der Waals surface area contributed by atoms with Gasteiger partial charge in [-0.2, -0.15) is 5.26 Å². The van der Waals surface area contributed by atoms with Gasteiger partial charge in [0.1, 0.15) is 12.2 Å². The number of anilines is 3. The minimum atomic E-state index is -1.24. The molecular weight excluding hydrogens is 473 g/mol. The zero-order valence-electron chi connectivity index (χ0n) is 21.4. The second-order valence-electron chi connectivity index (χ2n) is 10.3. The van der Waals surface area contributed by atoms with Crippen molar-refractivity contribution in [3.05, 3.63) is 54.1 Å². The first-order valence-corrected chi connectivity index (χ1v) is 14.9. The van der Waals surface area contributed by atoms with Crippen molar-refractivity contribution in [2.45, 2.75) is 52.6 Å². The highest BCUT2D eigenvalue weighted by molar-refractivity contribution is 6.48. The highest BCUT2D eigenvalue weighted by Crippen LogP contribution is 2.36. The SMILES string of the molecule is C[SiH](C)OC(c1ccc(Nc2nccc(-c3ccc(N4CC[C@H](F)C4)c(C#N)n3)n2)cn1)C(C)(C)C. The van der Waals surface area contributed by atoms with E-state index in [0.29, 0.717) is 36.0 Å². The molecule has 4 heterocycles. The molecule has 0 bridgehead atoms. The maximum Gasteiger partial charge on any atom is 0.227 e. The fourth-order valence-corrected chi connectivity index (χ4v) is 5.28. The Labute approximate surface area is 213 Å². The maximum atomic E-state index is 13.6. The normalized spacial score (nSPS) is 16.7. The number of nitrogens with zero attached hydrogens (tertiary/aromatic N) is 6. The number of halogens is 1. The zero-order chi connectivity index (χ0) is 25.9. The van der Waals surface area contributed by atoms with E-state index in [2.05, 4.69) is 65.2 Å². The molecular formula is C26H32FN7OSi. The Hall–Kier alpha value is -3.42. The van der Waals surface area contributed by atoms with E-state index in [1.165, 1.54) is 0 Å². The number of alkyl halides is 1. The molecule has 1 saturated heterocycles. The Kier molecular flexibility index (Phi) is 7.61. The van der Waals surface area contributed by atoms with Crippen LogP contribution in [0.4, 0.5) is 21.7 Å². The van der Waals surface area contributed by atoms with E-state index in [0.717, 1.165) is 11.4 Å². The lowest BCUT2D eigenvalue weighted by atomic mass is 9.87. The van der Waals surface area contributed by atoms with Crippen molar-refractivity contribution in [3.8, 4) is 17.5 Å². The lowest BCUT2D eigenvalue weighted by Crippen LogP contribution is -2.26. The van der Waals surface area contributed by atoms with Gasteiger partial charge in [0.25, 0.3) is 0 Å². The molecule has 188 valence electrons. The van der Waals surface area contributed by atoms with Gasteiger partial charge in [0.15, 0.2) is 14.7 Å². The Bertz CT molecular complexity index is 1240. The molecule has 0 saturated carbocycles. The molecule has 3 aromatic heterocycles. The summed E-state index contributed by atoms with van der Waals surface area (Å²) in [5.74, 6) is 0.393. The quantitative estimate of drug-likeness (QED) is 0.438. The van der Waals surface area contributed by atoms with E-state index in [4.69, 9.17) is 4.43 Å². The predicted octanol–water partition coefficient (Wildman–Crippen LogP) is 5.18. The average Bonchev–Trinajstić information content (AvgIpc) is 3.28. The van der Waals surface area contributed by atoms with Gasteiger partial charge in [-0.3, -0.25) is 4.98 Å². The number of nitriles is 1. The summed E-state index contributed by atoms with van der Waals surface area (Å²) >= 11 is 0. The van der Waals surface area contributed by atoms with Crippen molar-refractivity contribution in [3.63, 3.8) is 0 Å². The third-order valence-corrected chi connectivity index (χ3v) is 6.69. The Balaban J connectivity index is 1.52. The average molecular weight is 506 g/mol. The van der Waals surface area contributed by atoms with Gasteiger partial charge in [-0.15, -0.1) is 0 Å². The molecule has 1 aliphatic rings. The third kappa shape index (κ3) is 6.03. The van der Waals surface area contributed by atoms with E-state index in [1.54, 1.807) is 24.5 Å². The van der Waals surface area contributed by atoms with Gasteiger partial charge in [0.05, 0.1) is 40.8 Å². The largest absolute Gasteiger partial charge is 0.412 e. The van der Waals surface area contributed by atoms with Gasteiger partial charge in [-0.1, -0.05) is 20.8 Å². The van der Waals surface area contributed by atoms with Gasteiger partial charge in [0, 0.05) is 19.3 Å². The summed E-state index contributed by atoms with van der Waals surface area (Å²) in [4.78, 5) is 19.9. The Morgan fingerprint density at radius 1 is 1.14 bits per heavy atom. The first kappa shape index (κ1) is 25.7. The van der Waals surface area contributed by atoms with Crippen molar-refractivity contribution in [2.24, 2.45) is 5.41 Å². The maximum absolute atomic E-state index is 13.6. The van der Waals surface area contributed by atoms with E-state index in [9.17, 15) is 9.65 Å². The summed E-state index contributed by atoms with van der Waals surface area (Å²) in [7, 11) is -1.24. The summed E-state index contributed by atoms with van der Waals surface area (Å²) in [6.45, 7) is 11.6. The molecule has 10 heteroatoms. The molecule has 1 fully saturated rings. The van der Waals surface area contributed by atoms with Crippen molar-refractivity contribution >= 4 is 26.4 Å². The molecule has 1 N–H and O–H groups in total. The van der Waals surface area contributed by atoms with Crippen LogP contribution in [0.5, 0.6) is 0 Å². The lowest BCUT2D eigenvalue weighted by Gasteiger charge is -2.32. The van der Waals surface area contributed by atoms with Crippen molar-refractivity contribution in [1.29, 1.82) is 5.26 Å². The molecule has 4 rings (SSSR count). The molecule has 1 unspecified atom stereocenters. The van der Waals surface area contributed by atoms with Crippen LogP contribution in [0, 0.1) is 16.7 Å². The molecule has 36 heavy (non-hydrogen) atoms. The van der Waals surface area contributed by atoms with Crippen molar-refractivity contribution in [2.75, 3.05) is 23.3 Å². The monoisotopic (exact) mass is 505 g/mol. The lowest BCUT2D eigenvalue weighted by molar-refractivity contribution is 0.0827. The Morgan fingerprint density at radius 2 is 1.92 bits per heavy atom. The van der Waals surface area contributed by atoms with Crippen LogP contribution in [0.3, 0.4) is 0 Å². The minimum Gasteiger partial charge on any atom is -0.412 e.